The molecule has 2 N–H and O–H groups in total. The minimum Gasteiger partial charge on any atom is -0.394 e. The first-order valence-corrected chi connectivity index (χ1v) is 10.1. The Morgan fingerprint density at radius 3 is 2.76 bits per heavy atom. The lowest BCUT2D eigenvalue weighted by atomic mass is 9.76. The van der Waals surface area contributed by atoms with E-state index in [1.54, 1.807) is 11.3 Å². The van der Waals surface area contributed by atoms with Gasteiger partial charge in [0.2, 0.25) is 0 Å². The average Bonchev–Trinajstić information content (AvgIpc) is 3.13. The van der Waals surface area contributed by atoms with Crippen LogP contribution in [0.15, 0.2) is 35.7 Å². The zero-order valence-electron chi connectivity index (χ0n) is 15.2. The van der Waals surface area contributed by atoms with E-state index in [0.717, 1.165) is 12.8 Å². The van der Waals surface area contributed by atoms with Gasteiger partial charge in [0.05, 0.1) is 24.9 Å². The number of thiophene rings is 1. The van der Waals surface area contributed by atoms with E-state index in [4.69, 9.17) is 4.74 Å². The molecule has 0 unspecified atom stereocenters. The number of aliphatic hydroxyl groups excluding tert-OH is 1. The Hall–Kier alpha value is -1.36. The number of ether oxygens (including phenoxy) is 1. The smallest absolute Gasteiger partial charge is 0.0901 e. The van der Waals surface area contributed by atoms with Crippen molar-refractivity contribution in [2.24, 2.45) is 5.92 Å². The van der Waals surface area contributed by atoms with E-state index in [-0.39, 0.29) is 30.3 Å². The largest absolute Gasteiger partial charge is 0.394 e. The summed E-state index contributed by atoms with van der Waals surface area (Å²) in [7, 11) is 0. The normalized spacial score (nSPS) is 28.8. The summed E-state index contributed by atoms with van der Waals surface area (Å²) in [6.45, 7) is 6.84. The van der Waals surface area contributed by atoms with Crippen molar-refractivity contribution >= 4 is 17.0 Å². The quantitative estimate of drug-likeness (QED) is 0.791. The van der Waals surface area contributed by atoms with Gasteiger partial charge in [-0.15, -0.1) is 11.3 Å². The summed E-state index contributed by atoms with van der Waals surface area (Å²) < 4.78 is 6.38. The second-order valence-electron chi connectivity index (χ2n) is 8.29. The lowest BCUT2D eigenvalue weighted by Crippen LogP contribution is -2.39. The summed E-state index contributed by atoms with van der Waals surface area (Å²) in [5.41, 5.74) is 3.87. The molecule has 1 aromatic heterocycles. The highest BCUT2D eigenvalue weighted by Gasteiger charge is 2.42. The number of rotatable bonds is 2. The maximum Gasteiger partial charge on any atom is 0.0901 e. The van der Waals surface area contributed by atoms with Crippen LogP contribution in [0.5, 0.6) is 0 Å². The molecular weight excluding hydrogens is 330 g/mol. The minimum absolute atomic E-state index is 0.0468. The number of nitrogens with one attached hydrogen (secondary N) is 1. The molecule has 2 aromatic rings. The first-order valence-electron chi connectivity index (χ1n) is 9.18. The Balaban J connectivity index is 1.77. The third-order valence-corrected chi connectivity index (χ3v) is 6.52. The Morgan fingerprint density at radius 2 is 2.08 bits per heavy atom. The van der Waals surface area contributed by atoms with Crippen molar-refractivity contribution < 1.29 is 9.84 Å². The van der Waals surface area contributed by atoms with Crippen LogP contribution in [0.4, 0.5) is 5.69 Å². The Morgan fingerprint density at radius 1 is 1.24 bits per heavy atom. The average molecular weight is 358 g/mol. The van der Waals surface area contributed by atoms with E-state index in [2.05, 4.69) is 61.8 Å². The molecule has 1 saturated heterocycles. The van der Waals surface area contributed by atoms with E-state index in [9.17, 15) is 5.11 Å². The zero-order chi connectivity index (χ0) is 17.6. The van der Waals surface area contributed by atoms with Crippen molar-refractivity contribution in [3.8, 4) is 0 Å². The Bertz CT molecular complexity index is 735. The third-order valence-electron chi connectivity index (χ3n) is 5.57. The van der Waals surface area contributed by atoms with Gasteiger partial charge in [-0.3, -0.25) is 0 Å². The van der Waals surface area contributed by atoms with E-state index in [1.807, 2.05) is 0 Å². The Kier molecular flexibility index (Phi) is 4.38. The van der Waals surface area contributed by atoms with Gasteiger partial charge in [0.15, 0.2) is 0 Å². The highest BCUT2D eigenvalue weighted by atomic mass is 32.1. The van der Waals surface area contributed by atoms with Crippen LogP contribution in [-0.4, -0.2) is 17.8 Å². The summed E-state index contributed by atoms with van der Waals surface area (Å²) >= 11 is 1.81. The van der Waals surface area contributed by atoms with Crippen LogP contribution in [0, 0.1) is 5.92 Å². The highest BCUT2D eigenvalue weighted by Crippen LogP contribution is 2.51. The van der Waals surface area contributed by atoms with Gasteiger partial charge in [-0.2, -0.15) is 0 Å². The Labute approximate surface area is 154 Å². The van der Waals surface area contributed by atoms with Crippen LogP contribution in [0.1, 0.15) is 61.8 Å². The fourth-order valence-corrected chi connectivity index (χ4v) is 4.96. The molecule has 4 heteroatoms. The fraction of sp³-hybridized carbons (Fsp3) is 0.524. The molecule has 0 radical (unpaired) electrons. The molecule has 4 rings (SSSR count). The predicted molar refractivity (Wildman–Crippen MR) is 103 cm³/mol. The van der Waals surface area contributed by atoms with Gasteiger partial charge in [0.1, 0.15) is 0 Å². The van der Waals surface area contributed by atoms with E-state index < -0.39 is 0 Å². The summed E-state index contributed by atoms with van der Waals surface area (Å²) in [6, 6.07) is 11.4. The highest BCUT2D eigenvalue weighted by molar-refractivity contribution is 7.10. The zero-order valence-corrected chi connectivity index (χ0v) is 16.0. The monoisotopic (exact) mass is 357 g/mol. The fourth-order valence-electron chi connectivity index (χ4n) is 4.11. The molecule has 0 aliphatic carbocycles. The SMILES string of the molecule is CC(C)(C)c1ccc2c(c1)[C@H]1O[C@@H](CO)CC[C@H]1[C@H](c1cccs1)N2. The van der Waals surface area contributed by atoms with E-state index in [0.29, 0.717) is 5.92 Å². The van der Waals surface area contributed by atoms with Crippen molar-refractivity contribution in [1.82, 2.24) is 0 Å². The molecule has 1 fully saturated rings. The third kappa shape index (κ3) is 3.12. The van der Waals surface area contributed by atoms with Gasteiger partial charge in [-0.05, 0) is 41.3 Å². The van der Waals surface area contributed by atoms with Crippen molar-refractivity contribution in [3.63, 3.8) is 0 Å². The molecule has 0 spiro atoms. The first kappa shape index (κ1) is 17.1. The maximum atomic E-state index is 9.62. The van der Waals surface area contributed by atoms with Crippen molar-refractivity contribution in [1.29, 1.82) is 0 Å². The molecule has 4 atom stereocenters. The molecule has 2 aliphatic rings. The predicted octanol–water partition coefficient (Wildman–Crippen LogP) is 5.04. The number of hydrogen-bond donors (Lipinski definition) is 2. The summed E-state index contributed by atoms with van der Waals surface area (Å²) in [5.74, 6) is 0.407. The van der Waals surface area contributed by atoms with Gasteiger partial charge < -0.3 is 15.2 Å². The van der Waals surface area contributed by atoms with Crippen LogP contribution in [0.2, 0.25) is 0 Å². The molecular formula is C21H27NO2S. The van der Waals surface area contributed by atoms with E-state index >= 15 is 0 Å². The lowest BCUT2D eigenvalue weighted by Gasteiger charge is -2.45. The van der Waals surface area contributed by atoms with Crippen molar-refractivity contribution in [3.05, 3.63) is 51.7 Å². The molecule has 0 amide bonds. The second-order valence-corrected chi connectivity index (χ2v) is 9.27. The summed E-state index contributed by atoms with van der Waals surface area (Å²) in [4.78, 5) is 1.37. The lowest BCUT2D eigenvalue weighted by molar-refractivity contribution is -0.109. The van der Waals surface area contributed by atoms with Crippen LogP contribution in [0.25, 0.3) is 0 Å². The molecule has 134 valence electrons. The van der Waals surface area contributed by atoms with Gasteiger partial charge in [0.25, 0.3) is 0 Å². The maximum absolute atomic E-state index is 9.62. The summed E-state index contributed by atoms with van der Waals surface area (Å²) in [6.07, 6.45) is 2.01. The molecule has 0 saturated carbocycles. The number of aliphatic hydroxyl groups is 1. The number of anilines is 1. The molecule has 3 heterocycles. The molecule has 0 bridgehead atoms. The molecule has 25 heavy (non-hydrogen) atoms. The van der Waals surface area contributed by atoms with Crippen molar-refractivity contribution in [2.75, 3.05) is 11.9 Å². The van der Waals surface area contributed by atoms with Crippen molar-refractivity contribution in [2.45, 2.75) is 57.3 Å². The molecule has 1 aromatic carbocycles. The van der Waals surface area contributed by atoms with Crippen LogP contribution >= 0.6 is 11.3 Å². The van der Waals surface area contributed by atoms with Gasteiger partial charge in [0, 0.05) is 22.0 Å². The topological polar surface area (TPSA) is 41.5 Å². The second kappa shape index (κ2) is 6.42. The van der Waals surface area contributed by atoms with Gasteiger partial charge in [-0.25, -0.2) is 0 Å². The first-order chi connectivity index (χ1) is 12.0. The van der Waals surface area contributed by atoms with Crippen LogP contribution < -0.4 is 5.32 Å². The molecule has 2 aliphatic heterocycles. The summed E-state index contributed by atoms with van der Waals surface area (Å²) in [5, 5.41) is 15.5. The van der Waals surface area contributed by atoms with Crippen LogP contribution in [0.3, 0.4) is 0 Å². The van der Waals surface area contributed by atoms with Crippen LogP contribution in [-0.2, 0) is 10.2 Å². The van der Waals surface area contributed by atoms with Gasteiger partial charge >= 0.3 is 0 Å². The minimum atomic E-state index is -0.0468. The number of hydrogen-bond acceptors (Lipinski definition) is 4. The van der Waals surface area contributed by atoms with Gasteiger partial charge in [-0.1, -0.05) is 39.0 Å². The number of benzene rings is 1. The van der Waals surface area contributed by atoms with E-state index in [1.165, 1.54) is 21.7 Å². The standard InChI is InChI=1S/C21H27NO2S/c1-21(2,3)13-6-9-17-16(11-13)20-15(8-7-14(12-23)24-20)19(22-17)18-5-4-10-25-18/h4-6,9-11,14-15,19-20,22-23H,7-8,12H2,1-3H3/t14-,15+,19-,20+/m1/s1. The number of fused-ring (bicyclic) bond motifs is 3. The molecule has 3 nitrogen and oxygen atoms in total.